The molecular weight excluding hydrogens is 306 g/mol. The summed E-state index contributed by atoms with van der Waals surface area (Å²) < 4.78 is 2.16. The number of imidazole rings is 1. The molecule has 0 N–H and O–H groups in total. The monoisotopic (exact) mass is 327 g/mol. The SMILES string of the molecule is CCSc1ncc(CN(C)Cc2c(C)nc3ccccn23)cn1. The van der Waals surface area contributed by atoms with Gasteiger partial charge in [0.2, 0.25) is 0 Å². The van der Waals surface area contributed by atoms with Gasteiger partial charge in [0, 0.05) is 37.2 Å². The van der Waals surface area contributed by atoms with Gasteiger partial charge in [-0.15, -0.1) is 0 Å². The first-order chi connectivity index (χ1) is 11.2. The van der Waals surface area contributed by atoms with E-state index in [2.05, 4.69) is 51.3 Å². The van der Waals surface area contributed by atoms with Crippen LogP contribution in [0.3, 0.4) is 0 Å². The van der Waals surface area contributed by atoms with Crippen molar-refractivity contribution in [1.82, 2.24) is 24.3 Å². The third-order valence-corrected chi connectivity index (χ3v) is 4.41. The van der Waals surface area contributed by atoms with E-state index < -0.39 is 0 Å². The number of nitrogens with zero attached hydrogens (tertiary/aromatic N) is 5. The zero-order valence-electron chi connectivity index (χ0n) is 13.7. The lowest BCUT2D eigenvalue weighted by Crippen LogP contribution is -2.19. The second-order valence-electron chi connectivity index (χ2n) is 5.55. The second kappa shape index (κ2) is 7.10. The molecule has 3 rings (SSSR count). The molecule has 6 heteroatoms. The molecule has 0 radical (unpaired) electrons. The Morgan fingerprint density at radius 1 is 1.17 bits per heavy atom. The third-order valence-electron chi connectivity index (χ3n) is 3.66. The summed E-state index contributed by atoms with van der Waals surface area (Å²) in [4.78, 5) is 15.7. The Morgan fingerprint density at radius 3 is 2.70 bits per heavy atom. The maximum Gasteiger partial charge on any atom is 0.187 e. The predicted octanol–water partition coefficient (Wildman–Crippen LogP) is 3.18. The number of pyridine rings is 1. The average molecular weight is 327 g/mol. The minimum Gasteiger partial charge on any atom is -0.302 e. The number of hydrogen-bond donors (Lipinski definition) is 0. The third kappa shape index (κ3) is 3.71. The Balaban J connectivity index is 1.71. The first kappa shape index (κ1) is 16.0. The number of rotatable bonds is 6. The van der Waals surface area contributed by atoms with Gasteiger partial charge < -0.3 is 4.40 Å². The van der Waals surface area contributed by atoms with E-state index in [1.165, 1.54) is 5.69 Å². The van der Waals surface area contributed by atoms with E-state index in [0.717, 1.165) is 40.9 Å². The van der Waals surface area contributed by atoms with Crippen molar-refractivity contribution < 1.29 is 0 Å². The minimum absolute atomic E-state index is 0.816. The van der Waals surface area contributed by atoms with E-state index in [9.17, 15) is 0 Å². The number of fused-ring (bicyclic) bond motifs is 1. The highest BCUT2D eigenvalue weighted by atomic mass is 32.2. The molecule has 5 nitrogen and oxygen atoms in total. The molecule has 0 aliphatic rings. The molecule has 0 amide bonds. The van der Waals surface area contributed by atoms with Gasteiger partial charge in [0.15, 0.2) is 5.16 Å². The molecule has 0 bridgehead atoms. The van der Waals surface area contributed by atoms with Crippen molar-refractivity contribution in [2.24, 2.45) is 0 Å². The topological polar surface area (TPSA) is 46.3 Å². The summed E-state index contributed by atoms with van der Waals surface area (Å²) >= 11 is 1.66. The van der Waals surface area contributed by atoms with Gasteiger partial charge in [0.05, 0.1) is 11.4 Å². The molecule has 0 fully saturated rings. The van der Waals surface area contributed by atoms with E-state index in [-0.39, 0.29) is 0 Å². The smallest absolute Gasteiger partial charge is 0.187 e. The zero-order chi connectivity index (χ0) is 16.2. The Morgan fingerprint density at radius 2 is 1.96 bits per heavy atom. The maximum absolute atomic E-state index is 4.61. The van der Waals surface area contributed by atoms with Crippen molar-refractivity contribution >= 4 is 17.4 Å². The summed E-state index contributed by atoms with van der Waals surface area (Å²) in [6.45, 7) is 5.82. The summed E-state index contributed by atoms with van der Waals surface area (Å²) in [5.41, 5.74) is 4.42. The number of aryl methyl sites for hydroxylation is 1. The van der Waals surface area contributed by atoms with Crippen molar-refractivity contribution in [3.8, 4) is 0 Å². The minimum atomic E-state index is 0.816. The quantitative estimate of drug-likeness (QED) is 0.514. The van der Waals surface area contributed by atoms with Crippen LogP contribution in [0.25, 0.3) is 5.65 Å². The van der Waals surface area contributed by atoms with Crippen LogP contribution in [0.15, 0.2) is 41.9 Å². The first-order valence-corrected chi connectivity index (χ1v) is 8.70. The Bertz CT molecular complexity index is 781. The molecule has 3 aromatic rings. The summed E-state index contributed by atoms with van der Waals surface area (Å²) in [6.07, 6.45) is 5.91. The van der Waals surface area contributed by atoms with E-state index in [4.69, 9.17) is 0 Å². The van der Waals surface area contributed by atoms with Crippen LogP contribution in [0, 0.1) is 6.92 Å². The van der Waals surface area contributed by atoms with Crippen molar-refractivity contribution in [1.29, 1.82) is 0 Å². The van der Waals surface area contributed by atoms with E-state index in [0.29, 0.717) is 0 Å². The van der Waals surface area contributed by atoms with Crippen molar-refractivity contribution in [2.75, 3.05) is 12.8 Å². The highest BCUT2D eigenvalue weighted by molar-refractivity contribution is 7.99. The molecule has 120 valence electrons. The number of hydrogen-bond acceptors (Lipinski definition) is 5. The molecule has 0 unspecified atom stereocenters. The molecule has 0 aliphatic carbocycles. The van der Waals surface area contributed by atoms with E-state index >= 15 is 0 Å². The van der Waals surface area contributed by atoms with Gasteiger partial charge in [-0.3, -0.25) is 4.90 Å². The molecule has 3 aromatic heterocycles. The molecule has 0 aliphatic heterocycles. The van der Waals surface area contributed by atoms with Crippen LogP contribution < -0.4 is 0 Å². The lowest BCUT2D eigenvalue weighted by Gasteiger charge is -2.16. The van der Waals surface area contributed by atoms with Gasteiger partial charge >= 0.3 is 0 Å². The lowest BCUT2D eigenvalue weighted by molar-refractivity contribution is 0.312. The largest absolute Gasteiger partial charge is 0.302 e. The fourth-order valence-corrected chi connectivity index (χ4v) is 3.12. The Labute approximate surface area is 140 Å². The Hall–Kier alpha value is -1.92. The van der Waals surface area contributed by atoms with Crippen LogP contribution in [0.2, 0.25) is 0 Å². The standard InChI is InChI=1S/C17H21N5S/c1-4-23-17-18-9-14(10-19-17)11-21(3)12-15-13(2)20-16-7-5-6-8-22(15)16/h5-10H,4,11-12H2,1-3H3. The Kier molecular flexibility index (Phi) is 4.93. The van der Waals surface area contributed by atoms with Gasteiger partial charge in [-0.2, -0.15) is 0 Å². The fourth-order valence-electron chi connectivity index (χ4n) is 2.61. The van der Waals surface area contributed by atoms with Gasteiger partial charge in [0.1, 0.15) is 5.65 Å². The molecular formula is C17H21N5S. The van der Waals surface area contributed by atoms with Crippen LogP contribution in [0.5, 0.6) is 0 Å². The molecule has 0 atom stereocenters. The normalized spacial score (nSPS) is 11.5. The van der Waals surface area contributed by atoms with Crippen LogP contribution in [0.1, 0.15) is 23.9 Å². The second-order valence-corrected chi connectivity index (χ2v) is 6.78. The van der Waals surface area contributed by atoms with Crippen molar-refractivity contribution in [2.45, 2.75) is 32.1 Å². The molecule has 0 saturated carbocycles. The zero-order valence-corrected chi connectivity index (χ0v) is 14.5. The van der Waals surface area contributed by atoms with Crippen molar-refractivity contribution in [3.63, 3.8) is 0 Å². The van der Waals surface area contributed by atoms with Gasteiger partial charge in [-0.05, 0) is 31.9 Å². The van der Waals surface area contributed by atoms with Gasteiger partial charge in [0.25, 0.3) is 0 Å². The van der Waals surface area contributed by atoms with Crippen LogP contribution >= 0.6 is 11.8 Å². The lowest BCUT2D eigenvalue weighted by atomic mass is 10.3. The van der Waals surface area contributed by atoms with Crippen LogP contribution in [0.4, 0.5) is 0 Å². The molecule has 3 heterocycles. The maximum atomic E-state index is 4.61. The number of thioether (sulfide) groups is 1. The first-order valence-electron chi connectivity index (χ1n) is 7.72. The van der Waals surface area contributed by atoms with Gasteiger partial charge in [-0.1, -0.05) is 24.8 Å². The average Bonchev–Trinajstić information content (AvgIpc) is 2.85. The summed E-state index contributed by atoms with van der Waals surface area (Å²) in [7, 11) is 2.11. The molecule has 0 saturated heterocycles. The summed E-state index contributed by atoms with van der Waals surface area (Å²) in [6, 6.07) is 6.09. The molecule has 23 heavy (non-hydrogen) atoms. The van der Waals surface area contributed by atoms with Crippen molar-refractivity contribution in [3.05, 3.63) is 53.7 Å². The van der Waals surface area contributed by atoms with Crippen LogP contribution in [-0.4, -0.2) is 37.1 Å². The van der Waals surface area contributed by atoms with Crippen LogP contribution in [-0.2, 0) is 13.1 Å². The summed E-state index contributed by atoms with van der Waals surface area (Å²) in [5, 5.41) is 0.844. The highest BCUT2D eigenvalue weighted by Crippen LogP contribution is 2.15. The van der Waals surface area contributed by atoms with E-state index in [1.807, 2.05) is 30.6 Å². The van der Waals surface area contributed by atoms with E-state index in [1.54, 1.807) is 11.8 Å². The molecule has 0 spiro atoms. The fraction of sp³-hybridized carbons (Fsp3) is 0.353. The summed E-state index contributed by atoms with van der Waals surface area (Å²) in [5.74, 6) is 0.993. The number of aromatic nitrogens is 4. The predicted molar refractivity (Wildman–Crippen MR) is 93.5 cm³/mol. The van der Waals surface area contributed by atoms with Gasteiger partial charge in [-0.25, -0.2) is 15.0 Å². The molecule has 0 aromatic carbocycles. The highest BCUT2D eigenvalue weighted by Gasteiger charge is 2.11.